The van der Waals surface area contributed by atoms with Crippen molar-refractivity contribution in [3.8, 4) is 5.75 Å². The van der Waals surface area contributed by atoms with E-state index in [2.05, 4.69) is 36.4 Å². The third-order valence-electron chi connectivity index (χ3n) is 3.87. The fourth-order valence-electron chi connectivity index (χ4n) is 2.49. The molecule has 1 aromatic carbocycles. The molecule has 3 aromatic rings. The molecule has 124 valence electrons. The van der Waals surface area contributed by atoms with E-state index in [1.165, 1.54) is 5.56 Å². The van der Waals surface area contributed by atoms with Crippen molar-refractivity contribution < 1.29 is 9.53 Å². The Morgan fingerprint density at radius 3 is 2.75 bits per heavy atom. The van der Waals surface area contributed by atoms with Crippen LogP contribution in [0.2, 0.25) is 0 Å². The van der Waals surface area contributed by atoms with Crippen LogP contribution in [0.4, 0.5) is 0 Å². The van der Waals surface area contributed by atoms with Crippen LogP contribution in [0.25, 0.3) is 5.52 Å². The van der Waals surface area contributed by atoms with E-state index in [1.807, 2.05) is 36.5 Å². The molecule has 0 atom stereocenters. The first kappa shape index (κ1) is 16.1. The van der Waals surface area contributed by atoms with Crippen molar-refractivity contribution in [3.63, 3.8) is 0 Å². The predicted octanol–water partition coefficient (Wildman–Crippen LogP) is 3.27. The molecule has 24 heavy (non-hydrogen) atoms. The number of hydrogen-bond acceptors (Lipinski definition) is 3. The van der Waals surface area contributed by atoms with Gasteiger partial charge in [-0.05, 0) is 35.7 Å². The maximum atomic E-state index is 12.2. The summed E-state index contributed by atoms with van der Waals surface area (Å²) in [6.45, 7) is 5.18. The minimum Gasteiger partial charge on any atom is -0.492 e. The monoisotopic (exact) mass is 323 g/mol. The molecule has 3 rings (SSSR count). The predicted molar refractivity (Wildman–Crippen MR) is 93.6 cm³/mol. The Morgan fingerprint density at radius 1 is 1.21 bits per heavy atom. The first-order valence-corrected chi connectivity index (χ1v) is 8.08. The zero-order valence-corrected chi connectivity index (χ0v) is 13.9. The first-order chi connectivity index (χ1) is 11.6. The maximum absolute atomic E-state index is 12.2. The highest BCUT2D eigenvalue weighted by Gasteiger charge is 2.11. The fraction of sp³-hybridized carbons (Fsp3) is 0.263. The summed E-state index contributed by atoms with van der Waals surface area (Å²) in [5, 5.41) is 7.02. The Bertz CT molecular complexity index is 822. The van der Waals surface area contributed by atoms with E-state index in [-0.39, 0.29) is 5.91 Å². The topological polar surface area (TPSA) is 55.6 Å². The largest absolute Gasteiger partial charge is 0.492 e. The molecule has 0 bridgehead atoms. The molecule has 5 heteroatoms. The zero-order valence-electron chi connectivity index (χ0n) is 13.9. The Labute approximate surface area is 141 Å². The summed E-state index contributed by atoms with van der Waals surface area (Å²) in [6, 6.07) is 13.7. The van der Waals surface area contributed by atoms with Crippen LogP contribution >= 0.6 is 0 Å². The smallest absolute Gasteiger partial charge is 0.255 e. The van der Waals surface area contributed by atoms with Crippen molar-refractivity contribution in [3.05, 3.63) is 66.0 Å². The van der Waals surface area contributed by atoms with Crippen LogP contribution in [0, 0.1) is 0 Å². The summed E-state index contributed by atoms with van der Waals surface area (Å²) < 4.78 is 7.34. The minimum atomic E-state index is -0.144. The van der Waals surface area contributed by atoms with Gasteiger partial charge in [0, 0.05) is 6.20 Å². The SMILES string of the molecule is CC(C)c1ccc(OCCNC(=O)c2cnn3ccccc23)cc1. The van der Waals surface area contributed by atoms with E-state index in [4.69, 9.17) is 4.74 Å². The first-order valence-electron chi connectivity index (χ1n) is 8.08. The Hall–Kier alpha value is -2.82. The molecular formula is C19H21N3O2. The van der Waals surface area contributed by atoms with Gasteiger partial charge in [-0.25, -0.2) is 4.52 Å². The van der Waals surface area contributed by atoms with Gasteiger partial charge in [0.15, 0.2) is 0 Å². The highest BCUT2D eigenvalue weighted by atomic mass is 16.5. The van der Waals surface area contributed by atoms with Gasteiger partial charge >= 0.3 is 0 Å². The lowest BCUT2D eigenvalue weighted by Crippen LogP contribution is -2.28. The average Bonchev–Trinajstić information content (AvgIpc) is 3.03. The third-order valence-corrected chi connectivity index (χ3v) is 3.87. The van der Waals surface area contributed by atoms with Gasteiger partial charge in [0.2, 0.25) is 0 Å². The molecule has 0 saturated carbocycles. The van der Waals surface area contributed by atoms with Gasteiger partial charge in [0.05, 0.1) is 23.8 Å². The van der Waals surface area contributed by atoms with Gasteiger partial charge in [0.1, 0.15) is 12.4 Å². The summed E-state index contributed by atoms with van der Waals surface area (Å²) >= 11 is 0. The molecule has 2 aromatic heterocycles. The highest BCUT2D eigenvalue weighted by Crippen LogP contribution is 2.18. The number of rotatable bonds is 6. The second-order valence-corrected chi connectivity index (χ2v) is 5.92. The number of benzene rings is 1. The lowest BCUT2D eigenvalue weighted by Gasteiger charge is -2.09. The highest BCUT2D eigenvalue weighted by molar-refractivity contribution is 6.00. The van der Waals surface area contributed by atoms with Gasteiger partial charge in [-0.15, -0.1) is 0 Å². The number of aromatic nitrogens is 2. The molecule has 0 aliphatic rings. The molecular weight excluding hydrogens is 302 g/mol. The molecule has 1 amide bonds. The number of carbonyl (C=O) groups is 1. The number of nitrogens with one attached hydrogen (secondary N) is 1. The summed E-state index contributed by atoms with van der Waals surface area (Å²) in [5.74, 6) is 1.17. The number of ether oxygens (including phenoxy) is 1. The van der Waals surface area contributed by atoms with E-state index in [0.717, 1.165) is 11.3 Å². The number of pyridine rings is 1. The minimum absolute atomic E-state index is 0.144. The standard InChI is InChI=1S/C19H21N3O2/c1-14(2)15-6-8-16(9-7-15)24-12-10-20-19(23)17-13-21-22-11-4-3-5-18(17)22/h3-9,11,13-14H,10,12H2,1-2H3,(H,20,23). The van der Waals surface area contributed by atoms with Crippen LogP contribution in [-0.2, 0) is 0 Å². The quantitative estimate of drug-likeness (QED) is 0.708. The van der Waals surface area contributed by atoms with Crippen LogP contribution in [0.3, 0.4) is 0 Å². The second-order valence-electron chi connectivity index (χ2n) is 5.92. The van der Waals surface area contributed by atoms with E-state index in [0.29, 0.717) is 24.6 Å². The van der Waals surface area contributed by atoms with Gasteiger partial charge in [-0.2, -0.15) is 5.10 Å². The summed E-state index contributed by atoms with van der Waals surface area (Å²) in [7, 11) is 0. The fourth-order valence-corrected chi connectivity index (χ4v) is 2.49. The lowest BCUT2D eigenvalue weighted by atomic mass is 10.0. The molecule has 0 fully saturated rings. The van der Waals surface area contributed by atoms with Crippen LogP contribution in [0.15, 0.2) is 54.9 Å². The van der Waals surface area contributed by atoms with Gasteiger partial charge in [-0.3, -0.25) is 4.79 Å². The number of fused-ring (bicyclic) bond motifs is 1. The molecule has 0 unspecified atom stereocenters. The molecule has 0 radical (unpaired) electrons. The Kier molecular flexibility index (Phi) is 4.79. The molecule has 1 N–H and O–H groups in total. The van der Waals surface area contributed by atoms with Crippen molar-refractivity contribution >= 4 is 11.4 Å². The molecule has 0 aliphatic carbocycles. The van der Waals surface area contributed by atoms with E-state index in [9.17, 15) is 4.79 Å². The average molecular weight is 323 g/mol. The number of carbonyl (C=O) groups excluding carboxylic acids is 1. The third kappa shape index (κ3) is 3.56. The zero-order chi connectivity index (χ0) is 16.9. The van der Waals surface area contributed by atoms with Gasteiger partial charge in [-0.1, -0.05) is 32.0 Å². The van der Waals surface area contributed by atoms with Crippen LogP contribution < -0.4 is 10.1 Å². The van der Waals surface area contributed by atoms with Crippen molar-refractivity contribution in [2.24, 2.45) is 0 Å². The van der Waals surface area contributed by atoms with Crippen molar-refractivity contribution in [1.29, 1.82) is 0 Å². The summed E-state index contributed by atoms with van der Waals surface area (Å²) in [6.07, 6.45) is 3.40. The van der Waals surface area contributed by atoms with E-state index >= 15 is 0 Å². The van der Waals surface area contributed by atoms with Crippen LogP contribution in [0.5, 0.6) is 5.75 Å². The van der Waals surface area contributed by atoms with E-state index < -0.39 is 0 Å². The summed E-state index contributed by atoms with van der Waals surface area (Å²) in [4.78, 5) is 12.2. The maximum Gasteiger partial charge on any atom is 0.255 e. The molecule has 0 spiro atoms. The lowest BCUT2D eigenvalue weighted by molar-refractivity contribution is 0.0948. The van der Waals surface area contributed by atoms with Crippen LogP contribution in [-0.4, -0.2) is 28.7 Å². The van der Waals surface area contributed by atoms with Crippen LogP contribution in [0.1, 0.15) is 35.7 Å². The second kappa shape index (κ2) is 7.17. The van der Waals surface area contributed by atoms with Gasteiger partial charge in [0.25, 0.3) is 5.91 Å². The molecule has 5 nitrogen and oxygen atoms in total. The van der Waals surface area contributed by atoms with Crippen molar-refractivity contribution in [2.45, 2.75) is 19.8 Å². The number of hydrogen-bond donors (Lipinski definition) is 1. The molecule has 0 aliphatic heterocycles. The van der Waals surface area contributed by atoms with Gasteiger partial charge < -0.3 is 10.1 Å². The molecule has 2 heterocycles. The van der Waals surface area contributed by atoms with Crippen molar-refractivity contribution in [1.82, 2.24) is 14.9 Å². The van der Waals surface area contributed by atoms with E-state index in [1.54, 1.807) is 10.7 Å². The molecule has 0 saturated heterocycles. The van der Waals surface area contributed by atoms with Crippen molar-refractivity contribution in [2.75, 3.05) is 13.2 Å². The number of nitrogens with zero attached hydrogens (tertiary/aromatic N) is 2. The summed E-state index contributed by atoms with van der Waals surface area (Å²) in [5.41, 5.74) is 2.64. The Morgan fingerprint density at radius 2 is 2.00 bits per heavy atom. The number of amides is 1. The normalized spacial score (nSPS) is 11.0. The Balaban J connectivity index is 1.50.